The second-order valence-electron chi connectivity index (χ2n) is 6.47. The van der Waals surface area contributed by atoms with E-state index in [0.29, 0.717) is 30.4 Å². The summed E-state index contributed by atoms with van der Waals surface area (Å²) in [6.07, 6.45) is 1.34. The van der Waals surface area contributed by atoms with Crippen molar-refractivity contribution in [1.29, 1.82) is 0 Å². The van der Waals surface area contributed by atoms with Gasteiger partial charge < -0.3 is 15.4 Å². The van der Waals surface area contributed by atoms with Crippen LogP contribution in [0.4, 0.5) is 0 Å². The van der Waals surface area contributed by atoms with Crippen molar-refractivity contribution in [2.24, 2.45) is 4.99 Å². The number of rotatable bonds is 9. The first kappa shape index (κ1) is 21.8. The molecule has 6 nitrogen and oxygen atoms in total. The predicted octanol–water partition coefficient (Wildman–Crippen LogP) is 2.58. The number of hydrogen-bond acceptors (Lipinski definition) is 4. The Hall–Kier alpha value is -2.54. The zero-order valence-electron chi connectivity index (χ0n) is 16.7. The molecule has 2 aromatic rings. The maximum Gasteiger partial charge on any atom is 0.190 e. The summed E-state index contributed by atoms with van der Waals surface area (Å²) in [6, 6.07) is 14.7. The van der Waals surface area contributed by atoms with E-state index in [1.807, 2.05) is 19.1 Å². The van der Waals surface area contributed by atoms with Gasteiger partial charge in [-0.15, -0.1) is 0 Å². The topological polar surface area (TPSA) is 79.8 Å². The van der Waals surface area contributed by atoms with E-state index < -0.39 is 9.84 Å². The van der Waals surface area contributed by atoms with E-state index in [9.17, 15) is 8.42 Å². The zero-order chi connectivity index (χ0) is 20.4. The van der Waals surface area contributed by atoms with Crippen LogP contribution in [0.2, 0.25) is 0 Å². The molecule has 0 bridgehead atoms. The van der Waals surface area contributed by atoms with Crippen molar-refractivity contribution in [3.63, 3.8) is 0 Å². The van der Waals surface area contributed by atoms with Crippen LogP contribution in [0.1, 0.15) is 17.5 Å². The number of ether oxygens (including phenoxy) is 1. The largest absolute Gasteiger partial charge is 0.496 e. The molecule has 0 saturated carbocycles. The molecule has 28 heavy (non-hydrogen) atoms. The molecule has 0 amide bonds. The second kappa shape index (κ2) is 10.7. The number of nitrogens with one attached hydrogen (secondary N) is 2. The first-order valence-electron chi connectivity index (χ1n) is 9.32. The molecule has 2 N–H and O–H groups in total. The number of methoxy groups -OCH3 is 1. The zero-order valence-corrected chi connectivity index (χ0v) is 17.6. The summed E-state index contributed by atoms with van der Waals surface area (Å²) in [5.41, 5.74) is 2.29. The fourth-order valence-corrected chi connectivity index (χ4v) is 4.11. The van der Waals surface area contributed by atoms with Gasteiger partial charge in [-0.05, 0) is 49.1 Å². The molecule has 0 atom stereocenters. The molecule has 0 aromatic heterocycles. The average Bonchev–Trinajstić information content (AvgIpc) is 2.71. The summed E-state index contributed by atoms with van der Waals surface area (Å²) >= 11 is 0. The van der Waals surface area contributed by atoms with Gasteiger partial charge in [-0.2, -0.15) is 0 Å². The minimum absolute atomic E-state index is 0.101. The SMILES string of the molecule is CN=C(NCCCS(=O)(=O)c1ccccc1)NCCc1ccc(C)c(OC)c1. The molecule has 7 heteroatoms. The molecule has 2 aromatic carbocycles. The lowest BCUT2D eigenvalue weighted by atomic mass is 10.1. The smallest absolute Gasteiger partial charge is 0.190 e. The molecule has 0 heterocycles. The third-order valence-corrected chi connectivity index (χ3v) is 6.20. The molecule has 0 aliphatic heterocycles. The quantitative estimate of drug-likeness (QED) is 0.382. The van der Waals surface area contributed by atoms with Gasteiger partial charge in [0.1, 0.15) is 5.75 Å². The van der Waals surface area contributed by atoms with Crippen molar-refractivity contribution in [3.05, 3.63) is 59.7 Å². The van der Waals surface area contributed by atoms with Crippen LogP contribution in [0.5, 0.6) is 5.75 Å². The minimum atomic E-state index is -3.24. The molecular weight excluding hydrogens is 374 g/mol. The Morgan fingerprint density at radius 1 is 1.07 bits per heavy atom. The molecule has 0 fully saturated rings. The first-order valence-corrected chi connectivity index (χ1v) is 11.0. The molecule has 0 spiro atoms. The average molecular weight is 404 g/mol. The summed E-state index contributed by atoms with van der Waals surface area (Å²) in [6.45, 7) is 3.27. The number of guanidine groups is 1. The Labute approximate surface area is 168 Å². The van der Waals surface area contributed by atoms with E-state index in [1.54, 1.807) is 38.4 Å². The van der Waals surface area contributed by atoms with Crippen molar-refractivity contribution in [1.82, 2.24) is 10.6 Å². The number of aryl methyl sites for hydroxylation is 1. The Balaban J connectivity index is 1.73. The van der Waals surface area contributed by atoms with Gasteiger partial charge in [0, 0.05) is 20.1 Å². The fourth-order valence-electron chi connectivity index (χ4n) is 2.78. The number of hydrogen-bond donors (Lipinski definition) is 2. The molecule has 0 aliphatic rings. The van der Waals surface area contributed by atoms with Gasteiger partial charge in [-0.3, -0.25) is 4.99 Å². The highest BCUT2D eigenvalue weighted by atomic mass is 32.2. The van der Waals surface area contributed by atoms with Crippen LogP contribution >= 0.6 is 0 Å². The van der Waals surface area contributed by atoms with Crippen LogP contribution in [0.25, 0.3) is 0 Å². The molecule has 2 rings (SSSR count). The van der Waals surface area contributed by atoms with Crippen molar-refractivity contribution >= 4 is 15.8 Å². The lowest BCUT2D eigenvalue weighted by molar-refractivity contribution is 0.411. The Bertz CT molecular complexity index is 881. The van der Waals surface area contributed by atoms with Crippen molar-refractivity contribution in [3.8, 4) is 5.75 Å². The second-order valence-corrected chi connectivity index (χ2v) is 8.57. The van der Waals surface area contributed by atoms with Crippen molar-refractivity contribution in [2.45, 2.75) is 24.7 Å². The Kier molecular flexibility index (Phi) is 8.32. The van der Waals surface area contributed by atoms with Crippen LogP contribution in [0, 0.1) is 6.92 Å². The van der Waals surface area contributed by atoms with Crippen LogP contribution in [0.3, 0.4) is 0 Å². The van der Waals surface area contributed by atoms with Crippen LogP contribution in [0.15, 0.2) is 58.4 Å². The number of nitrogens with zero attached hydrogens (tertiary/aromatic N) is 1. The van der Waals surface area contributed by atoms with Crippen LogP contribution in [-0.4, -0.2) is 47.4 Å². The summed E-state index contributed by atoms with van der Waals surface area (Å²) in [5, 5.41) is 6.41. The van der Waals surface area contributed by atoms with Gasteiger partial charge in [-0.25, -0.2) is 8.42 Å². The molecule has 0 aliphatic carbocycles. The van der Waals surface area contributed by atoms with E-state index in [-0.39, 0.29) is 5.75 Å². The van der Waals surface area contributed by atoms with Gasteiger partial charge in [0.2, 0.25) is 0 Å². The van der Waals surface area contributed by atoms with E-state index in [1.165, 1.54) is 5.56 Å². The number of benzene rings is 2. The highest BCUT2D eigenvalue weighted by molar-refractivity contribution is 7.91. The van der Waals surface area contributed by atoms with Crippen LogP contribution in [-0.2, 0) is 16.3 Å². The maximum absolute atomic E-state index is 12.3. The highest BCUT2D eigenvalue weighted by Crippen LogP contribution is 2.19. The number of aliphatic imine (C=N–C) groups is 1. The van der Waals surface area contributed by atoms with Crippen molar-refractivity contribution in [2.75, 3.05) is 33.0 Å². The lowest BCUT2D eigenvalue weighted by Crippen LogP contribution is -2.39. The first-order chi connectivity index (χ1) is 13.5. The van der Waals surface area contributed by atoms with Gasteiger partial charge in [0.25, 0.3) is 0 Å². The monoisotopic (exact) mass is 403 g/mol. The summed E-state index contributed by atoms with van der Waals surface area (Å²) in [7, 11) is 0.134. The van der Waals surface area contributed by atoms with Gasteiger partial charge in [0.15, 0.2) is 15.8 Å². The lowest BCUT2D eigenvalue weighted by Gasteiger charge is -2.13. The predicted molar refractivity (Wildman–Crippen MR) is 114 cm³/mol. The normalized spacial score (nSPS) is 11.9. The van der Waals surface area contributed by atoms with E-state index in [0.717, 1.165) is 17.7 Å². The standard InChI is InChI=1S/C21H29N3O3S/c1-17-10-11-18(16-20(17)27-3)12-14-24-21(22-2)23-13-7-15-28(25,26)19-8-5-4-6-9-19/h4-6,8-11,16H,7,12-15H2,1-3H3,(H2,22,23,24). The van der Waals surface area contributed by atoms with Crippen molar-refractivity contribution < 1.29 is 13.2 Å². The van der Waals surface area contributed by atoms with E-state index in [4.69, 9.17) is 4.74 Å². The third-order valence-electron chi connectivity index (χ3n) is 4.39. The molecular formula is C21H29N3O3S. The molecule has 0 unspecified atom stereocenters. The van der Waals surface area contributed by atoms with E-state index in [2.05, 4.69) is 27.8 Å². The molecule has 0 saturated heterocycles. The maximum atomic E-state index is 12.3. The molecule has 152 valence electrons. The summed E-state index contributed by atoms with van der Waals surface area (Å²) in [4.78, 5) is 4.55. The van der Waals surface area contributed by atoms with E-state index >= 15 is 0 Å². The Morgan fingerprint density at radius 2 is 1.79 bits per heavy atom. The fraction of sp³-hybridized carbons (Fsp3) is 0.381. The van der Waals surface area contributed by atoms with Crippen LogP contribution < -0.4 is 15.4 Å². The molecule has 0 radical (unpaired) electrons. The Morgan fingerprint density at radius 3 is 2.46 bits per heavy atom. The summed E-state index contributed by atoms with van der Waals surface area (Å²) in [5.74, 6) is 1.65. The van der Waals surface area contributed by atoms with Gasteiger partial charge in [0.05, 0.1) is 17.8 Å². The number of sulfone groups is 1. The third kappa shape index (κ3) is 6.56. The van der Waals surface area contributed by atoms with Gasteiger partial charge in [-0.1, -0.05) is 30.3 Å². The highest BCUT2D eigenvalue weighted by Gasteiger charge is 2.13. The minimum Gasteiger partial charge on any atom is -0.496 e. The van der Waals surface area contributed by atoms with Gasteiger partial charge >= 0.3 is 0 Å². The summed E-state index contributed by atoms with van der Waals surface area (Å²) < 4.78 is 29.9.